The summed E-state index contributed by atoms with van der Waals surface area (Å²) in [6, 6.07) is 8.60. The quantitative estimate of drug-likeness (QED) is 0.376. The van der Waals surface area contributed by atoms with Crippen molar-refractivity contribution >= 4 is 34.7 Å². The van der Waals surface area contributed by atoms with Crippen molar-refractivity contribution in [1.82, 2.24) is 29.8 Å². The maximum Gasteiger partial charge on any atom is 0.250 e. The zero-order valence-electron chi connectivity index (χ0n) is 18.6. The number of pyridine rings is 1. The fourth-order valence-corrected chi connectivity index (χ4v) is 4.52. The van der Waals surface area contributed by atoms with Gasteiger partial charge in [-0.3, -0.25) is 9.89 Å². The van der Waals surface area contributed by atoms with Crippen LogP contribution < -0.4 is 15.5 Å². The molecule has 4 aromatic heterocycles. The topological polar surface area (TPSA) is 116 Å². The second kappa shape index (κ2) is 7.79. The molecule has 11 heteroatoms. The molecule has 1 saturated carbocycles. The van der Waals surface area contributed by atoms with Gasteiger partial charge in [-0.2, -0.15) is 14.5 Å². The summed E-state index contributed by atoms with van der Waals surface area (Å²) in [6.45, 7) is 2.48. The molecule has 34 heavy (non-hydrogen) atoms. The average Bonchev–Trinajstić information content (AvgIpc) is 3.19. The molecule has 6 rings (SSSR count). The minimum absolute atomic E-state index is 0.248. The molecule has 2 fully saturated rings. The minimum atomic E-state index is -0.899. The van der Waals surface area contributed by atoms with E-state index in [2.05, 4.69) is 30.9 Å². The van der Waals surface area contributed by atoms with Crippen LogP contribution in [0.4, 0.5) is 27.7 Å². The number of nitrogens with zero attached hydrogens (tertiary/aromatic N) is 6. The van der Waals surface area contributed by atoms with Gasteiger partial charge in [0.05, 0.1) is 0 Å². The number of rotatable bonds is 6. The monoisotopic (exact) mass is 461 g/mol. The molecular weight excluding hydrogens is 437 g/mol. The summed E-state index contributed by atoms with van der Waals surface area (Å²) in [5.41, 5.74) is 1.39. The third-order valence-electron chi connectivity index (χ3n) is 6.60. The van der Waals surface area contributed by atoms with E-state index in [1.165, 1.54) is 25.1 Å². The van der Waals surface area contributed by atoms with Crippen LogP contribution in [0.25, 0.3) is 5.52 Å². The molecule has 0 bridgehead atoms. The van der Waals surface area contributed by atoms with E-state index in [1.807, 2.05) is 36.2 Å². The van der Waals surface area contributed by atoms with E-state index < -0.39 is 11.5 Å². The van der Waals surface area contributed by atoms with E-state index in [9.17, 15) is 9.18 Å². The van der Waals surface area contributed by atoms with Gasteiger partial charge in [0, 0.05) is 48.4 Å². The number of hydrogen-bond acceptors (Lipinski definition) is 7. The predicted octanol–water partition coefficient (Wildman–Crippen LogP) is 3.61. The molecule has 1 aliphatic heterocycles. The fraction of sp³-hybridized carbons (Fsp3) is 0.348. The predicted molar refractivity (Wildman–Crippen MR) is 125 cm³/mol. The number of aromatic amines is 1. The van der Waals surface area contributed by atoms with Gasteiger partial charge in [0.15, 0.2) is 11.6 Å². The number of H-pyrrole nitrogens is 1. The molecule has 10 nitrogen and oxygen atoms in total. The number of nitrogens with one attached hydrogen (secondary N) is 3. The molecule has 1 aliphatic carbocycles. The summed E-state index contributed by atoms with van der Waals surface area (Å²) in [5.74, 6) is 1.40. The van der Waals surface area contributed by atoms with Gasteiger partial charge in [-0.05, 0) is 50.8 Å². The Hall–Kier alpha value is -4.02. The molecule has 174 valence electrons. The third-order valence-corrected chi connectivity index (χ3v) is 6.60. The van der Waals surface area contributed by atoms with Crippen molar-refractivity contribution in [3.63, 3.8) is 0 Å². The van der Waals surface area contributed by atoms with Gasteiger partial charge >= 0.3 is 0 Å². The molecule has 1 atom stereocenters. The number of hydrogen-bond donors (Lipinski definition) is 3. The van der Waals surface area contributed by atoms with Crippen LogP contribution in [0, 0.1) is 5.95 Å². The van der Waals surface area contributed by atoms with E-state index in [4.69, 9.17) is 4.98 Å². The Morgan fingerprint density at radius 2 is 2.18 bits per heavy atom. The molecule has 1 saturated heterocycles. The van der Waals surface area contributed by atoms with Crippen molar-refractivity contribution in [3.05, 3.63) is 54.4 Å². The van der Waals surface area contributed by atoms with E-state index >= 15 is 0 Å². The maximum atomic E-state index is 13.5. The lowest BCUT2D eigenvalue weighted by molar-refractivity contribution is -0.120. The van der Waals surface area contributed by atoms with Gasteiger partial charge in [0.25, 0.3) is 0 Å². The first-order valence-corrected chi connectivity index (χ1v) is 11.4. The van der Waals surface area contributed by atoms with E-state index in [0.29, 0.717) is 42.2 Å². The number of halogens is 1. The number of fused-ring (bicyclic) bond motifs is 1. The highest BCUT2D eigenvalue weighted by Crippen LogP contribution is 2.40. The van der Waals surface area contributed by atoms with Crippen molar-refractivity contribution < 1.29 is 9.18 Å². The zero-order valence-corrected chi connectivity index (χ0v) is 18.6. The van der Waals surface area contributed by atoms with Gasteiger partial charge in [-0.15, -0.1) is 5.10 Å². The lowest BCUT2D eigenvalue weighted by atomic mass is 9.97. The van der Waals surface area contributed by atoms with Crippen LogP contribution in [0.15, 0.2) is 42.7 Å². The Labute approximate surface area is 194 Å². The maximum absolute atomic E-state index is 13.5. The molecule has 0 radical (unpaired) electrons. The van der Waals surface area contributed by atoms with Crippen LogP contribution in [0.1, 0.15) is 44.2 Å². The highest BCUT2D eigenvalue weighted by molar-refractivity contribution is 6.00. The van der Waals surface area contributed by atoms with Crippen molar-refractivity contribution in [2.45, 2.75) is 44.1 Å². The Bertz CT molecular complexity index is 1380. The first kappa shape index (κ1) is 20.6. The Balaban J connectivity index is 1.31. The normalized spacial score (nSPS) is 20.1. The second-order valence-corrected chi connectivity index (χ2v) is 9.06. The van der Waals surface area contributed by atoms with Crippen LogP contribution in [0.2, 0.25) is 0 Å². The first-order chi connectivity index (χ1) is 16.5. The van der Waals surface area contributed by atoms with E-state index in [-0.39, 0.29) is 5.91 Å². The zero-order chi connectivity index (χ0) is 23.3. The smallest absolute Gasteiger partial charge is 0.250 e. The van der Waals surface area contributed by atoms with Crippen LogP contribution >= 0.6 is 0 Å². The van der Waals surface area contributed by atoms with Crippen LogP contribution in [0.5, 0.6) is 0 Å². The molecular formula is C23H24FN9O. The average molecular weight is 462 g/mol. The molecule has 0 unspecified atom stereocenters. The number of carbonyl (C=O) groups is 1. The lowest BCUT2D eigenvalue weighted by Crippen LogP contribution is -2.51. The third kappa shape index (κ3) is 3.62. The highest BCUT2D eigenvalue weighted by atomic mass is 19.1. The summed E-state index contributed by atoms with van der Waals surface area (Å²) in [5, 5.41) is 18.3. The van der Waals surface area contributed by atoms with Crippen LogP contribution in [0.3, 0.4) is 0 Å². The summed E-state index contributed by atoms with van der Waals surface area (Å²) in [7, 11) is 0. The van der Waals surface area contributed by atoms with Crippen LogP contribution in [-0.4, -0.2) is 47.8 Å². The summed E-state index contributed by atoms with van der Waals surface area (Å²) < 4.78 is 15.3. The molecule has 3 N–H and O–H groups in total. The number of aromatic nitrogens is 6. The van der Waals surface area contributed by atoms with Crippen molar-refractivity contribution in [2.24, 2.45) is 0 Å². The van der Waals surface area contributed by atoms with Crippen LogP contribution in [-0.2, 0) is 4.79 Å². The summed E-state index contributed by atoms with van der Waals surface area (Å²) >= 11 is 0. The Kier molecular flexibility index (Phi) is 4.71. The van der Waals surface area contributed by atoms with Gasteiger partial charge in [0.2, 0.25) is 17.8 Å². The minimum Gasteiger partial charge on any atom is -0.325 e. The number of carbonyl (C=O) groups excluding carboxylic acids is 1. The Morgan fingerprint density at radius 3 is 3.00 bits per heavy atom. The van der Waals surface area contributed by atoms with Gasteiger partial charge < -0.3 is 15.5 Å². The molecule has 2 aliphatic rings. The van der Waals surface area contributed by atoms with Gasteiger partial charge in [-0.1, -0.05) is 0 Å². The molecule has 4 aromatic rings. The largest absolute Gasteiger partial charge is 0.325 e. The molecule has 0 spiro atoms. The van der Waals surface area contributed by atoms with Crippen molar-refractivity contribution in [3.8, 4) is 0 Å². The summed E-state index contributed by atoms with van der Waals surface area (Å²) in [6.07, 6.45) is 6.96. The second-order valence-electron chi connectivity index (χ2n) is 9.06. The highest BCUT2D eigenvalue weighted by Gasteiger charge is 2.45. The molecule has 0 aromatic carbocycles. The van der Waals surface area contributed by atoms with E-state index in [0.717, 1.165) is 17.6 Å². The van der Waals surface area contributed by atoms with E-state index in [1.54, 1.807) is 10.6 Å². The van der Waals surface area contributed by atoms with Gasteiger partial charge in [0.1, 0.15) is 11.1 Å². The number of amides is 1. The molecule has 1 amide bonds. The molecule has 5 heterocycles. The summed E-state index contributed by atoms with van der Waals surface area (Å²) in [4.78, 5) is 23.6. The number of anilines is 4. The fourth-order valence-electron chi connectivity index (χ4n) is 4.52. The standard InChI is InChI=1S/C23H24FN9O/c1-23(21(34)26-15-7-9-25-18(24)12-15)8-3-10-32(23)22-28-20(17-4-2-11-33(17)31-22)27-19-13-16(29-30-19)14-5-6-14/h2,4,7,9,11-14H,3,5-6,8,10H2,1H3,(H,25,26,34)(H2,27,28,29,30,31)/t23-/m0/s1. The van der Waals surface area contributed by atoms with Crippen molar-refractivity contribution in [2.75, 3.05) is 22.1 Å². The lowest BCUT2D eigenvalue weighted by Gasteiger charge is -2.34. The SMILES string of the molecule is C[C@@]1(C(=O)Nc2ccnc(F)c2)CCCN1c1nc(Nc2cc(C3CC3)[nH]n2)c2cccn2n1. The van der Waals surface area contributed by atoms with Gasteiger partial charge in [-0.25, -0.2) is 9.50 Å². The van der Waals surface area contributed by atoms with Crippen molar-refractivity contribution in [1.29, 1.82) is 0 Å². The Morgan fingerprint density at radius 1 is 1.29 bits per heavy atom. The first-order valence-electron chi connectivity index (χ1n) is 11.4.